The first kappa shape index (κ1) is 16.4. The molecule has 3 rings (SSSR count). The van der Waals surface area contributed by atoms with Gasteiger partial charge in [-0.2, -0.15) is 0 Å². The molecule has 1 aliphatic carbocycles. The molecule has 0 bridgehead atoms. The Balaban J connectivity index is 1.50. The monoisotopic (exact) mass is 332 g/mol. The minimum atomic E-state index is -0.0515. The van der Waals surface area contributed by atoms with Gasteiger partial charge < -0.3 is 10.2 Å². The lowest BCUT2D eigenvalue weighted by molar-refractivity contribution is -0.129. The molecule has 4 nitrogen and oxygen atoms in total. The Hall–Kier alpha value is -1.49. The highest BCUT2D eigenvalue weighted by atomic mass is 32.2. The third kappa shape index (κ3) is 3.89. The molecular formula is C18H24N2O2S. The molecule has 1 saturated heterocycles. The van der Waals surface area contributed by atoms with Crippen molar-refractivity contribution in [3.05, 3.63) is 29.8 Å². The molecule has 0 aromatic heterocycles. The van der Waals surface area contributed by atoms with Crippen LogP contribution in [0.4, 0.5) is 0 Å². The van der Waals surface area contributed by atoms with E-state index in [9.17, 15) is 9.59 Å². The van der Waals surface area contributed by atoms with Crippen LogP contribution in [0.5, 0.6) is 0 Å². The molecule has 1 saturated carbocycles. The number of rotatable bonds is 5. The highest BCUT2D eigenvalue weighted by molar-refractivity contribution is 7.98. The smallest absolute Gasteiger partial charge is 0.251 e. The molecule has 1 N–H and O–H groups in total. The van der Waals surface area contributed by atoms with E-state index in [4.69, 9.17) is 0 Å². The van der Waals surface area contributed by atoms with Crippen LogP contribution in [0.15, 0.2) is 29.2 Å². The molecule has 1 aliphatic heterocycles. The summed E-state index contributed by atoms with van der Waals surface area (Å²) in [6.07, 6.45) is 7.35. The van der Waals surface area contributed by atoms with Crippen LogP contribution in [0.2, 0.25) is 0 Å². The van der Waals surface area contributed by atoms with Crippen LogP contribution < -0.4 is 5.32 Å². The molecule has 1 atom stereocenters. The lowest BCUT2D eigenvalue weighted by Gasteiger charge is -2.24. The summed E-state index contributed by atoms with van der Waals surface area (Å²) >= 11 is 1.66. The van der Waals surface area contributed by atoms with Crippen LogP contribution in [-0.4, -0.2) is 42.1 Å². The average molecular weight is 332 g/mol. The number of carbonyl (C=O) groups excluding carboxylic acids is 2. The second-order valence-electron chi connectivity index (χ2n) is 6.49. The van der Waals surface area contributed by atoms with Crippen molar-refractivity contribution in [2.24, 2.45) is 5.92 Å². The van der Waals surface area contributed by atoms with Crippen molar-refractivity contribution in [2.45, 2.75) is 43.0 Å². The molecule has 1 aromatic carbocycles. The first-order chi connectivity index (χ1) is 11.2. The quantitative estimate of drug-likeness (QED) is 0.844. The van der Waals surface area contributed by atoms with Crippen molar-refractivity contribution in [1.82, 2.24) is 10.2 Å². The van der Waals surface area contributed by atoms with Gasteiger partial charge >= 0.3 is 0 Å². The molecule has 1 aromatic rings. The topological polar surface area (TPSA) is 49.4 Å². The van der Waals surface area contributed by atoms with E-state index in [0.29, 0.717) is 24.6 Å². The summed E-state index contributed by atoms with van der Waals surface area (Å²) in [5, 5.41) is 2.99. The fourth-order valence-corrected chi connectivity index (χ4v) is 4.00. The first-order valence-corrected chi connectivity index (χ1v) is 9.61. The Labute approximate surface area is 142 Å². The predicted molar refractivity (Wildman–Crippen MR) is 92.6 cm³/mol. The molecule has 2 aliphatic rings. The second kappa shape index (κ2) is 7.39. The molecule has 1 heterocycles. The third-order valence-electron chi connectivity index (χ3n) is 4.91. The fourth-order valence-electron chi connectivity index (χ4n) is 3.60. The number of thioether (sulfide) groups is 1. The van der Waals surface area contributed by atoms with Crippen LogP contribution in [0, 0.1) is 5.92 Å². The standard InChI is InChI=1S/C18H24N2O2S/c1-23-16-8-6-14(7-9-16)18(22)19-11-13-10-17(21)20(12-13)15-4-2-3-5-15/h6-9,13,15H,2-5,10-12H2,1H3,(H,19,22). The van der Waals surface area contributed by atoms with E-state index in [-0.39, 0.29) is 17.7 Å². The summed E-state index contributed by atoms with van der Waals surface area (Å²) in [4.78, 5) is 27.6. The molecular weight excluding hydrogens is 308 g/mol. The molecule has 23 heavy (non-hydrogen) atoms. The van der Waals surface area contributed by atoms with E-state index in [2.05, 4.69) is 10.2 Å². The summed E-state index contributed by atoms with van der Waals surface area (Å²) in [7, 11) is 0. The van der Waals surface area contributed by atoms with Gasteiger partial charge in [-0.3, -0.25) is 9.59 Å². The Morgan fingerprint density at radius 3 is 2.61 bits per heavy atom. The van der Waals surface area contributed by atoms with Gasteiger partial charge in [0.1, 0.15) is 0 Å². The van der Waals surface area contributed by atoms with Gasteiger partial charge in [-0.25, -0.2) is 0 Å². The minimum absolute atomic E-state index is 0.0515. The lowest BCUT2D eigenvalue weighted by atomic mass is 10.1. The lowest BCUT2D eigenvalue weighted by Crippen LogP contribution is -2.36. The number of amides is 2. The third-order valence-corrected chi connectivity index (χ3v) is 5.65. The van der Waals surface area contributed by atoms with Crippen molar-refractivity contribution >= 4 is 23.6 Å². The van der Waals surface area contributed by atoms with Gasteiger partial charge in [-0.1, -0.05) is 12.8 Å². The molecule has 124 valence electrons. The minimum Gasteiger partial charge on any atom is -0.352 e. The number of likely N-dealkylation sites (tertiary alicyclic amines) is 1. The van der Waals surface area contributed by atoms with E-state index in [1.807, 2.05) is 30.5 Å². The SMILES string of the molecule is CSc1ccc(C(=O)NCC2CC(=O)N(C3CCCC3)C2)cc1. The van der Waals surface area contributed by atoms with Crippen LogP contribution in [0.1, 0.15) is 42.5 Å². The van der Waals surface area contributed by atoms with Crippen molar-refractivity contribution in [1.29, 1.82) is 0 Å². The summed E-state index contributed by atoms with van der Waals surface area (Å²) in [6.45, 7) is 1.38. The van der Waals surface area contributed by atoms with Gasteiger partial charge in [-0.15, -0.1) is 11.8 Å². The zero-order chi connectivity index (χ0) is 16.2. The van der Waals surface area contributed by atoms with E-state index in [1.165, 1.54) is 12.8 Å². The largest absolute Gasteiger partial charge is 0.352 e. The predicted octanol–water partition coefficient (Wildman–Crippen LogP) is 2.93. The Kier molecular flexibility index (Phi) is 5.26. The fraction of sp³-hybridized carbons (Fsp3) is 0.556. The van der Waals surface area contributed by atoms with Crippen LogP contribution in [0.25, 0.3) is 0 Å². The maximum atomic E-state index is 12.2. The second-order valence-corrected chi connectivity index (χ2v) is 7.37. The van der Waals surface area contributed by atoms with Gasteiger partial charge in [0.25, 0.3) is 5.91 Å². The van der Waals surface area contributed by atoms with E-state index < -0.39 is 0 Å². The van der Waals surface area contributed by atoms with Crippen LogP contribution in [-0.2, 0) is 4.79 Å². The Morgan fingerprint density at radius 1 is 1.26 bits per heavy atom. The summed E-state index contributed by atoms with van der Waals surface area (Å²) < 4.78 is 0. The number of nitrogens with one attached hydrogen (secondary N) is 1. The Morgan fingerprint density at radius 2 is 1.96 bits per heavy atom. The zero-order valence-corrected chi connectivity index (χ0v) is 14.4. The highest BCUT2D eigenvalue weighted by Gasteiger charge is 2.35. The van der Waals surface area contributed by atoms with Gasteiger partial charge in [-0.05, 0) is 43.4 Å². The average Bonchev–Trinajstić information content (AvgIpc) is 3.22. The van der Waals surface area contributed by atoms with Crippen molar-refractivity contribution in [3.8, 4) is 0 Å². The first-order valence-electron chi connectivity index (χ1n) is 8.39. The molecule has 0 spiro atoms. The molecule has 2 amide bonds. The summed E-state index contributed by atoms with van der Waals surface area (Å²) in [5.74, 6) is 0.461. The number of hydrogen-bond donors (Lipinski definition) is 1. The zero-order valence-electron chi connectivity index (χ0n) is 13.6. The summed E-state index contributed by atoms with van der Waals surface area (Å²) in [6, 6.07) is 8.07. The van der Waals surface area contributed by atoms with Gasteiger partial charge in [0.15, 0.2) is 0 Å². The van der Waals surface area contributed by atoms with Crippen molar-refractivity contribution in [3.63, 3.8) is 0 Å². The number of carbonyl (C=O) groups is 2. The maximum absolute atomic E-state index is 12.2. The summed E-state index contributed by atoms with van der Waals surface area (Å²) in [5.41, 5.74) is 0.680. The number of nitrogens with zero attached hydrogens (tertiary/aromatic N) is 1. The molecule has 1 unspecified atom stereocenters. The normalized spacial score (nSPS) is 21.9. The van der Waals surface area contributed by atoms with Gasteiger partial charge in [0, 0.05) is 41.9 Å². The number of hydrogen-bond acceptors (Lipinski definition) is 3. The van der Waals surface area contributed by atoms with Crippen molar-refractivity contribution < 1.29 is 9.59 Å². The van der Waals surface area contributed by atoms with E-state index in [1.54, 1.807) is 11.8 Å². The van der Waals surface area contributed by atoms with E-state index in [0.717, 1.165) is 24.3 Å². The highest BCUT2D eigenvalue weighted by Crippen LogP contribution is 2.29. The van der Waals surface area contributed by atoms with Crippen molar-refractivity contribution in [2.75, 3.05) is 19.3 Å². The van der Waals surface area contributed by atoms with E-state index >= 15 is 0 Å². The number of benzene rings is 1. The Bertz CT molecular complexity index is 567. The van der Waals surface area contributed by atoms with Gasteiger partial charge in [0.2, 0.25) is 5.91 Å². The van der Waals surface area contributed by atoms with Gasteiger partial charge in [0.05, 0.1) is 0 Å². The van der Waals surface area contributed by atoms with Crippen LogP contribution >= 0.6 is 11.8 Å². The molecule has 2 fully saturated rings. The maximum Gasteiger partial charge on any atom is 0.251 e. The van der Waals surface area contributed by atoms with Crippen LogP contribution in [0.3, 0.4) is 0 Å². The molecule has 0 radical (unpaired) electrons. The molecule has 5 heteroatoms.